The van der Waals surface area contributed by atoms with E-state index in [1.165, 1.54) is 0 Å². The molecule has 4 heteroatoms. The fraction of sp³-hybridized carbons (Fsp3) is 0.273. The molecule has 2 heterocycles. The van der Waals surface area contributed by atoms with E-state index in [1.807, 2.05) is 23.0 Å². The molecular weight excluding hydrogens is 210 g/mol. The quantitative estimate of drug-likeness (QED) is 0.746. The monoisotopic (exact) mass is 221 g/mol. The summed E-state index contributed by atoms with van der Waals surface area (Å²) in [5.74, 6) is 1.51. The molecule has 0 saturated carbocycles. The largest absolute Gasteiger partial charge is 0.302 e. The van der Waals surface area contributed by atoms with Gasteiger partial charge >= 0.3 is 0 Å². The molecule has 0 spiro atoms. The van der Waals surface area contributed by atoms with E-state index < -0.39 is 0 Å². The van der Waals surface area contributed by atoms with Gasteiger partial charge in [0, 0.05) is 30.9 Å². The molecule has 0 N–H and O–H groups in total. The van der Waals surface area contributed by atoms with Gasteiger partial charge < -0.3 is 4.57 Å². The van der Waals surface area contributed by atoms with Crippen molar-refractivity contribution in [3.63, 3.8) is 0 Å². The Morgan fingerprint density at radius 3 is 3.00 bits per heavy atom. The van der Waals surface area contributed by atoms with Crippen LogP contribution in [0.1, 0.15) is 18.3 Å². The molecule has 0 aliphatic carbocycles. The number of pyridine rings is 1. The molecule has 0 unspecified atom stereocenters. The molecule has 0 fully saturated rings. The van der Waals surface area contributed by atoms with Gasteiger partial charge in [0.25, 0.3) is 0 Å². The molecule has 0 bridgehead atoms. The van der Waals surface area contributed by atoms with Gasteiger partial charge in [-0.15, -0.1) is 11.6 Å². The second kappa shape index (κ2) is 4.45. The highest BCUT2D eigenvalue weighted by Gasteiger charge is 2.03. The molecule has 78 valence electrons. The standard InChI is InChI=1S/C11H12ClN3/c1-2-11-14-3-4-15(11)10-5-9(6-12)7-13-8-10/h3-5,7-8H,2,6H2,1H3. The Morgan fingerprint density at radius 1 is 1.40 bits per heavy atom. The fourth-order valence-corrected chi connectivity index (χ4v) is 1.66. The zero-order chi connectivity index (χ0) is 10.7. The lowest BCUT2D eigenvalue weighted by Crippen LogP contribution is -2.00. The van der Waals surface area contributed by atoms with Crippen molar-refractivity contribution in [3.8, 4) is 5.69 Å². The Bertz CT molecular complexity index is 451. The Kier molecular flexibility index (Phi) is 3.02. The highest BCUT2D eigenvalue weighted by atomic mass is 35.5. The van der Waals surface area contributed by atoms with Crippen LogP contribution in [0.3, 0.4) is 0 Å². The summed E-state index contributed by atoms with van der Waals surface area (Å²) >= 11 is 5.77. The molecule has 2 aromatic heterocycles. The highest BCUT2D eigenvalue weighted by Crippen LogP contribution is 2.12. The van der Waals surface area contributed by atoms with Gasteiger partial charge in [-0.25, -0.2) is 4.98 Å². The molecule has 0 saturated heterocycles. The molecule has 0 aromatic carbocycles. The first-order chi connectivity index (χ1) is 7.35. The van der Waals surface area contributed by atoms with Crippen LogP contribution in [0, 0.1) is 0 Å². The molecule has 0 aliphatic heterocycles. The van der Waals surface area contributed by atoms with Gasteiger partial charge in [-0.2, -0.15) is 0 Å². The predicted molar refractivity (Wildman–Crippen MR) is 60.3 cm³/mol. The van der Waals surface area contributed by atoms with Crippen molar-refractivity contribution < 1.29 is 0 Å². The van der Waals surface area contributed by atoms with E-state index in [9.17, 15) is 0 Å². The van der Waals surface area contributed by atoms with E-state index in [1.54, 1.807) is 12.4 Å². The molecule has 3 nitrogen and oxygen atoms in total. The van der Waals surface area contributed by atoms with Crippen LogP contribution < -0.4 is 0 Å². The summed E-state index contributed by atoms with van der Waals surface area (Å²) in [7, 11) is 0. The van der Waals surface area contributed by atoms with Crippen molar-refractivity contribution in [3.05, 3.63) is 42.2 Å². The Hall–Kier alpha value is -1.35. The van der Waals surface area contributed by atoms with Gasteiger partial charge in [0.05, 0.1) is 11.9 Å². The Morgan fingerprint density at radius 2 is 2.27 bits per heavy atom. The summed E-state index contributed by atoms with van der Waals surface area (Å²) in [6.07, 6.45) is 8.23. The number of nitrogens with zero attached hydrogens (tertiary/aromatic N) is 3. The zero-order valence-corrected chi connectivity index (χ0v) is 9.28. The number of aromatic nitrogens is 3. The zero-order valence-electron chi connectivity index (χ0n) is 8.52. The van der Waals surface area contributed by atoms with Crippen LogP contribution in [0.4, 0.5) is 0 Å². The van der Waals surface area contributed by atoms with E-state index in [0.29, 0.717) is 5.88 Å². The maximum atomic E-state index is 5.77. The minimum Gasteiger partial charge on any atom is -0.302 e. The molecule has 2 rings (SSSR count). The Balaban J connectivity index is 2.44. The second-order valence-corrected chi connectivity index (χ2v) is 3.52. The van der Waals surface area contributed by atoms with Crippen molar-refractivity contribution in [2.24, 2.45) is 0 Å². The van der Waals surface area contributed by atoms with Gasteiger partial charge in [0.2, 0.25) is 0 Å². The van der Waals surface area contributed by atoms with Gasteiger partial charge in [-0.05, 0) is 11.6 Å². The van der Waals surface area contributed by atoms with Crippen molar-refractivity contribution in [2.75, 3.05) is 0 Å². The molecule has 0 atom stereocenters. The molecule has 15 heavy (non-hydrogen) atoms. The average Bonchev–Trinajstić information content (AvgIpc) is 2.77. The maximum absolute atomic E-state index is 5.77. The first kappa shape index (κ1) is 10.2. The Labute approximate surface area is 93.7 Å². The number of imidazole rings is 1. The second-order valence-electron chi connectivity index (χ2n) is 3.25. The molecule has 0 amide bonds. The van der Waals surface area contributed by atoms with Gasteiger partial charge in [0.15, 0.2) is 0 Å². The summed E-state index contributed by atoms with van der Waals surface area (Å²) in [6.45, 7) is 2.08. The third-order valence-electron chi connectivity index (χ3n) is 2.25. The minimum absolute atomic E-state index is 0.483. The third-order valence-corrected chi connectivity index (χ3v) is 2.56. The highest BCUT2D eigenvalue weighted by molar-refractivity contribution is 6.17. The lowest BCUT2D eigenvalue weighted by Gasteiger charge is -2.06. The van der Waals surface area contributed by atoms with Crippen molar-refractivity contribution in [1.82, 2.24) is 14.5 Å². The van der Waals surface area contributed by atoms with Crippen LogP contribution in [-0.2, 0) is 12.3 Å². The number of aryl methyl sites for hydroxylation is 1. The topological polar surface area (TPSA) is 30.7 Å². The summed E-state index contributed by atoms with van der Waals surface area (Å²) in [6, 6.07) is 2.03. The first-order valence-electron chi connectivity index (χ1n) is 4.87. The molecule has 0 aliphatic rings. The van der Waals surface area contributed by atoms with Crippen LogP contribution in [0.15, 0.2) is 30.9 Å². The van der Waals surface area contributed by atoms with Crippen molar-refractivity contribution in [1.29, 1.82) is 0 Å². The first-order valence-corrected chi connectivity index (χ1v) is 5.41. The van der Waals surface area contributed by atoms with Gasteiger partial charge in [-0.1, -0.05) is 6.92 Å². The number of hydrogen-bond donors (Lipinski definition) is 0. The van der Waals surface area contributed by atoms with E-state index >= 15 is 0 Å². The summed E-state index contributed by atoms with van der Waals surface area (Å²) in [5, 5.41) is 0. The SMILES string of the molecule is CCc1nccn1-c1cncc(CCl)c1. The fourth-order valence-electron chi connectivity index (χ4n) is 1.51. The predicted octanol–water partition coefficient (Wildman–Crippen LogP) is 2.57. The van der Waals surface area contributed by atoms with Crippen LogP contribution in [0.2, 0.25) is 0 Å². The molecule has 2 aromatic rings. The summed E-state index contributed by atoms with van der Waals surface area (Å²) in [5.41, 5.74) is 2.03. The summed E-state index contributed by atoms with van der Waals surface area (Å²) < 4.78 is 2.03. The van der Waals surface area contributed by atoms with E-state index in [2.05, 4.69) is 16.9 Å². The van der Waals surface area contributed by atoms with Crippen molar-refractivity contribution in [2.45, 2.75) is 19.2 Å². The van der Waals surface area contributed by atoms with E-state index in [0.717, 1.165) is 23.5 Å². The van der Waals surface area contributed by atoms with Gasteiger partial charge in [0.1, 0.15) is 5.82 Å². The summed E-state index contributed by atoms with van der Waals surface area (Å²) in [4.78, 5) is 8.42. The van der Waals surface area contributed by atoms with Gasteiger partial charge in [-0.3, -0.25) is 4.98 Å². The molecular formula is C11H12ClN3. The maximum Gasteiger partial charge on any atom is 0.112 e. The number of rotatable bonds is 3. The lowest BCUT2D eigenvalue weighted by atomic mass is 10.3. The van der Waals surface area contributed by atoms with Crippen LogP contribution in [0.5, 0.6) is 0 Å². The van der Waals surface area contributed by atoms with E-state index in [4.69, 9.17) is 11.6 Å². The van der Waals surface area contributed by atoms with Crippen LogP contribution >= 0.6 is 11.6 Å². The van der Waals surface area contributed by atoms with Crippen LogP contribution in [-0.4, -0.2) is 14.5 Å². The average molecular weight is 222 g/mol. The lowest BCUT2D eigenvalue weighted by molar-refractivity contribution is 0.885. The number of alkyl halides is 1. The number of halogens is 1. The minimum atomic E-state index is 0.483. The smallest absolute Gasteiger partial charge is 0.112 e. The van der Waals surface area contributed by atoms with Crippen molar-refractivity contribution >= 4 is 11.6 Å². The van der Waals surface area contributed by atoms with Crippen LogP contribution in [0.25, 0.3) is 5.69 Å². The number of hydrogen-bond acceptors (Lipinski definition) is 2. The molecule has 0 radical (unpaired) electrons. The van der Waals surface area contributed by atoms with E-state index in [-0.39, 0.29) is 0 Å². The third kappa shape index (κ3) is 2.02. The normalized spacial score (nSPS) is 10.5.